The highest BCUT2D eigenvalue weighted by molar-refractivity contribution is 5.39. The summed E-state index contributed by atoms with van der Waals surface area (Å²) in [6, 6.07) is 0. The Labute approximate surface area is 113 Å². The maximum absolute atomic E-state index is 10.3. The highest BCUT2D eigenvalue weighted by atomic mass is 19.1. The lowest BCUT2D eigenvalue weighted by molar-refractivity contribution is 0.527. The normalized spacial score (nSPS) is 9.89. The Morgan fingerprint density at radius 3 is 1.78 bits per heavy atom. The van der Waals surface area contributed by atoms with E-state index in [2.05, 4.69) is 44.0 Å². The van der Waals surface area contributed by atoms with Gasteiger partial charge >= 0.3 is 0 Å². The maximum Gasteiger partial charge on any atom is 0.0866 e. The Morgan fingerprint density at radius 2 is 1.56 bits per heavy atom. The fraction of sp³-hybridized carbons (Fsp3) is 0.500. The van der Waals surface area contributed by atoms with Crippen LogP contribution in [0.5, 0.6) is 0 Å². The zero-order valence-corrected chi connectivity index (χ0v) is 13.1. The van der Waals surface area contributed by atoms with Crippen molar-refractivity contribution < 1.29 is 4.39 Å². The van der Waals surface area contributed by atoms with Crippen LogP contribution in [0.4, 0.5) is 4.39 Å². The summed E-state index contributed by atoms with van der Waals surface area (Å²) < 4.78 is 10.3. The Morgan fingerprint density at radius 1 is 1.17 bits per heavy atom. The minimum atomic E-state index is -0.250. The fourth-order valence-electron chi connectivity index (χ4n) is 0.776. The van der Waals surface area contributed by atoms with Gasteiger partial charge in [0.2, 0.25) is 0 Å². The summed E-state index contributed by atoms with van der Waals surface area (Å²) in [4.78, 5) is 0. The van der Waals surface area contributed by atoms with Crippen molar-refractivity contribution in [2.75, 3.05) is 20.8 Å². The Balaban J connectivity index is -0.000000315. The summed E-state index contributed by atoms with van der Waals surface area (Å²) in [5, 5.41) is 2.75. The lowest BCUT2D eigenvalue weighted by Gasteiger charge is -1.97. The maximum atomic E-state index is 10.3. The van der Waals surface area contributed by atoms with E-state index in [4.69, 9.17) is 0 Å². The van der Waals surface area contributed by atoms with Crippen LogP contribution in [0.1, 0.15) is 34.6 Å². The van der Waals surface area contributed by atoms with Gasteiger partial charge in [0, 0.05) is 0 Å². The molecule has 0 aliphatic carbocycles. The van der Waals surface area contributed by atoms with Crippen LogP contribution in [0.2, 0.25) is 0 Å². The first kappa shape index (κ1) is 22.1. The van der Waals surface area contributed by atoms with E-state index in [0.717, 1.165) is 5.57 Å². The molecule has 0 spiro atoms. The molecule has 0 atom stereocenters. The van der Waals surface area contributed by atoms with Crippen molar-refractivity contribution in [3.63, 3.8) is 0 Å². The largest absolute Gasteiger partial charge is 0.323 e. The molecule has 0 unspecified atom stereocenters. The number of hydrogen-bond acceptors (Lipinski definition) is 1. The van der Waals surface area contributed by atoms with Gasteiger partial charge in [0.1, 0.15) is 0 Å². The van der Waals surface area contributed by atoms with Crippen molar-refractivity contribution in [3.05, 3.63) is 47.6 Å². The van der Waals surface area contributed by atoms with Gasteiger partial charge in [-0.25, -0.2) is 0 Å². The monoisotopic (exact) mass is 255 g/mol. The molecule has 0 aromatic carbocycles. The van der Waals surface area contributed by atoms with E-state index in [-0.39, 0.29) is 6.67 Å². The average Bonchev–Trinajstić information content (AvgIpc) is 2.25. The molecule has 0 aliphatic rings. The summed E-state index contributed by atoms with van der Waals surface area (Å²) in [5.41, 5.74) is 3.60. The first-order valence-electron chi connectivity index (χ1n) is 6.19. The van der Waals surface area contributed by atoms with Crippen LogP contribution in [0.3, 0.4) is 0 Å². The fourth-order valence-corrected chi connectivity index (χ4v) is 0.776. The van der Waals surface area contributed by atoms with Crippen LogP contribution in [-0.4, -0.2) is 20.8 Å². The molecule has 0 aromatic heterocycles. The van der Waals surface area contributed by atoms with Crippen molar-refractivity contribution >= 4 is 0 Å². The van der Waals surface area contributed by atoms with Crippen molar-refractivity contribution in [3.8, 4) is 0 Å². The molecule has 0 aliphatic heterocycles. The third-order valence-corrected chi connectivity index (χ3v) is 1.44. The number of hydrogen-bond donors (Lipinski definition) is 1. The van der Waals surface area contributed by atoms with Gasteiger partial charge in [-0.05, 0) is 54.3 Å². The van der Waals surface area contributed by atoms with Crippen LogP contribution in [-0.2, 0) is 0 Å². The molecular weight excluding hydrogens is 225 g/mol. The molecule has 0 radical (unpaired) electrons. The van der Waals surface area contributed by atoms with Gasteiger partial charge in [-0.1, -0.05) is 42.0 Å². The Bertz CT molecular complexity index is 267. The zero-order chi connectivity index (χ0) is 15.0. The van der Waals surface area contributed by atoms with E-state index in [1.54, 1.807) is 0 Å². The number of alkyl halides is 1. The topological polar surface area (TPSA) is 12.0 Å². The highest BCUT2D eigenvalue weighted by Crippen LogP contribution is 2.09. The van der Waals surface area contributed by atoms with Crippen LogP contribution >= 0.6 is 0 Å². The number of rotatable bonds is 3. The molecule has 1 N–H and O–H groups in total. The third kappa shape index (κ3) is 24.2. The molecule has 0 aromatic rings. The molecule has 1 nitrogen and oxygen atoms in total. The number of allylic oxidation sites excluding steroid dienone is 7. The lowest BCUT2D eigenvalue weighted by atomic mass is 10.1. The molecule has 0 fully saturated rings. The van der Waals surface area contributed by atoms with Crippen LogP contribution < -0.4 is 5.32 Å². The Hall–Kier alpha value is -1.15. The van der Waals surface area contributed by atoms with Gasteiger partial charge in [0.05, 0.1) is 6.67 Å². The van der Waals surface area contributed by atoms with Gasteiger partial charge in [-0.3, -0.25) is 4.39 Å². The van der Waals surface area contributed by atoms with Gasteiger partial charge < -0.3 is 5.32 Å². The van der Waals surface area contributed by atoms with E-state index in [9.17, 15) is 4.39 Å². The van der Waals surface area contributed by atoms with Crippen molar-refractivity contribution in [2.24, 2.45) is 0 Å². The molecule has 0 saturated carbocycles. The second-order valence-electron chi connectivity index (χ2n) is 3.91. The molecule has 0 rings (SSSR count). The lowest BCUT2D eigenvalue weighted by Crippen LogP contribution is -1.89. The second-order valence-corrected chi connectivity index (χ2v) is 3.91. The van der Waals surface area contributed by atoms with Crippen molar-refractivity contribution in [1.29, 1.82) is 0 Å². The highest BCUT2D eigenvalue weighted by Gasteiger charge is 1.89. The predicted octanol–water partition coefficient (Wildman–Crippen LogP) is 4.84. The SMILES string of the molecule is C=C(C)C(/C=C\C)=C\C=C(C)C.CCF.CNC. The second kappa shape index (κ2) is 18.2. The first-order valence-corrected chi connectivity index (χ1v) is 6.19. The summed E-state index contributed by atoms with van der Waals surface area (Å²) in [5.74, 6) is 0. The summed E-state index contributed by atoms with van der Waals surface area (Å²) in [7, 11) is 3.75. The summed E-state index contributed by atoms with van der Waals surface area (Å²) in [6.45, 7) is 13.3. The minimum Gasteiger partial charge on any atom is -0.323 e. The summed E-state index contributed by atoms with van der Waals surface area (Å²) in [6.07, 6.45) is 8.29. The van der Waals surface area contributed by atoms with Crippen molar-refractivity contribution in [2.45, 2.75) is 34.6 Å². The van der Waals surface area contributed by atoms with E-state index in [0.29, 0.717) is 0 Å². The minimum absolute atomic E-state index is 0.250. The quantitative estimate of drug-likeness (QED) is 0.711. The molecule has 106 valence electrons. The van der Waals surface area contributed by atoms with E-state index < -0.39 is 0 Å². The smallest absolute Gasteiger partial charge is 0.0866 e. The molecular formula is C16H30FN. The van der Waals surface area contributed by atoms with Gasteiger partial charge in [0.25, 0.3) is 0 Å². The number of halogens is 1. The Kier molecular flexibility index (Phi) is 22.3. The average molecular weight is 255 g/mol. The first-order chi connectivity index (χ1) is 8.40. The molecule has 0 amide bonds. The summed E-state index contributed by atoms with van der Waals surface area (Å²) >= 11 is 0. The molecule has 0 bridgehead atoms. The molecule has 2 heteroatoms. The zero-order valence-electron chi connectivity index (χ0n) is 13.1. The standard InChI is InChI=1S/C12H18.C2H5F.C2H7N/c1-6-7-12(11(4)5)9-8-10(2)3;1-2-3;1-3-2/h6-9H,4H2,1-3,5H3;2H2,1H3;3H,1-2H3/b7-6-,12-9-;;. The van der Waals surface area contributed by atoms with E-state index in [1.165, 1.54) is 18.1 Å². The van der Waals surface area contributed by atoms with E-state index >= 15 is 0 Å². The predicted molar refractivity (Wildman–Crippen MR) is 83.8 cm³/mol. The molecule has 0 heterocycles. The van der Waals surface area contributed by atoms with Crippen molar-refractivity contribution in [1.82, 2.24) is 5.32 Å². The van der Waals surface area contributed by atoms with E-state index in [1.807, 2.05) is 34.0 Å². The van der Waals surface area contributed by atoms with Gasteiger partial charge in [-0.2, -0.15) is 0 Å². The van der Waals surface area contributed by atoms with Gasteiger partial charge in [-0.15, -0.1) is 0 Å². The van der Waals surface area contributed by atoms with Crippen LogP contribution in [0.25, 0.3) is 0 Å². The van der Waals surface area contributed by atoms with Gasteiger partial charge in [0.15, 0.2) is 0 Å². The third-order valence-electron chi connectivity index (χ3n) is 1.44. The van der Waals surface area contributed by atoms with Crippen LogP contribution in [0.15, 0.2) is 47.6 Å². The molecule has 18 heavy (non-hydrogen) atoms. The number of nitrogens with one attached hydrogen (secondary N) is 1. The molecule has 0 saturated heterocycles. The van der Waals surface area contributed by atoms with Crippen LogP contribution in [0, 0.1) is 0 Å².